The van der Waals surface area contributed by atoms with E-state index in [-0.39, 0.29) is 17.3 Å². The number of rotatable bonds is 5. The number of phenolic OH excluding ortho intramolecular Hbond substituents is 1. The Morgan fingerprint density at radius 1 is 1.52 bits per heavy atom. The van der Waals surface area contributed by atoms with Gasteiger partial charge in [-0.05, 0) is 6.07 Å². The molecule has 23 heavy (non-hydrogen) atoms. The van der Waals surface area contributed by atoms with E-state index < -0.39 is 22.2 Å². The number of benzene rings is 1. The molecule has 2 rings (SSSR count). The van der Waals surface area contributed by atoms with Gasteiger partial charge in [-0.1, -0.05) is 15.9 Å². The topological polar surface area (TPSA) is 126 Å². The van der Waals surface area contributed by atoms with Crippen molar-refractivity contribution in [3.63, 3.8) is 0 Å². The lowest BCUT2D eigenvalue weighted by atomic mass is 10.2. The third-order valence-electron chi connectivity index (χ3n) is 2.63. The molecule has 0 atom stereocenters. The van der Waals surface area contributed by atoms with Crippen LogP contribution in [0.4, 0.5) is 21.8 Å². The summed E-state index contributed by atoms with van der Waals surface area (Å²) in [4.78, 5) is 17.6. The minimum absolute atomic E-state index is 0.0102. The largest absolute Gasteiger partial charge is 0.502 e. The van der Waals surface area contributed by atoms with Gasteiger partial charge in [0.25, 0.3) is 0 Å². The zero-order chi connectivity index (χ0) is 17.0. The Morgan fingerprint density at radius 3 is 2.91 bits per heavy atom. The number of aromatic nitrogens is 2. The van der Waals surface area contributed by atoms with Crippen molar-refractivity contribution in [2.24, 2.45) is 5.10 Å². The summed E-state index contributed by atoms with van der Waals surface area (Å²) in [6.45, 7) is 0. The first kappa shape index (κ1) is 16.5. The number of hydrazone groups is 1. The summed E-state index contributed by atoms with van der Waals surface area (Å²) in [5.74, 6) is -1.16. The Balaban J connectivity index is 2.23. The van der Waals surface area contributed by atoms with Crippen molar-refractivity contribution in [1.29, 1.82) is 0 Å². The molecular formula is C12H10BrFN6O3. The van der Waals surface area contributed by atoms with E-state index in [0.717, 1.165) is 12.4 Å². The molecule has 0 saturated carbocycles. The highest BCUT2D eigenvalue weighted by atomic mass is 79.9. The van der Waals surface area contributed by atoms with E-state index in [1.807, 2.05) is 0 Å². The third kappa shape index (κ3) is 3.88. The van der Waals surface area contributed by atoms with E-state index in [4.69, 9.17) is 0 Å². The van der Waals surface area contributed by atoms with Crippen molar-refractivity contribution in [2.75, 3.05) is 17.8 Å². The molecule has 1 heterocycles. The molecule has 0 aliphatic carbocycles. The number of nitro benzene ring substituents is 1. The van der Waals surface area contributed by atoms with E-state index >= 15 is 0 Å². The van der Waals surface area contributed by atoms with Crippen LogP contribution in [0.1, 0.15) is 5.56 Å². The van der Waals surface area contributed by atoms with Gasteiger partial charge in [-0.3, -0.25) is 10.1 Å². The van der Waals surface area contributed by atoms with Crippen LogP contribution >= 0.6 is 15.9 Å². The Hall–Kier alpha value is -2.82. The van der Waals surface area contributed by atoms with E-state index in [1.165, 1.54) is 19.2 Å². The maximum absolute atomic E-state index is 13.2. The van der Waals surface area contributed by atoms with Gasteiger partial charge in [0.2, 0.25) is 11.7 Å². The third-order valence-corrected chi connectivity index (χ3v) is 3.09. The van der Waals surface area contributed by atoms with Crippen LogP contribution in [-0.4, -0.2) is 33.3 Å². The van der Waals surface area contributed by atoms with Crippen molar-refractivity contribution in [3.05, 3.63) is 44.3 Å². The summed E-state index contributed by atoms with van der Waals surface area (Å²) in [6, 6.07) is 2.61. The molecule has 0 saturated heterocycles. The summed E-state index contributed by atoms with van der Waals surface area (Å²) < 4.78 is 13.6. The molecule has 0 fully saturated rings. The molecular weight excluding hydrogens is 375 g/mol. The van der Waals surface area contributed by atoms with E-state index in [1.54, 1.807) is 0 Å². The molecule has 11 heteroatoms. The first-order valence-electron chi connectivity index (χ1n) is 6.08. The van der Waals surface area contributed by atoms with E-state index in [9.17, 15) is 19.6 Å². The van der Waals surface area contributed by atoms with Crippen LogP contribution in [0.15, 0.2) is 27.9 Å². The van der Waals surface area contributed by atoms with Gasteiger partial charge in [0, 0.05) is 23.2 Å². The molecule has 0 unspecified atom stereocenters. The molecule has 0 radical (unpaired) electrons. The molecule has 2 aromatic rings. The molecule has 1 aromatic carbocycles. The van der Waals surface area contributed by atoms with Gasteiger partial charge in [-0.2, -0.15) is 10.1 Å². The second kappa shape index (κ2) is 6.96. The zero-order valence-corrected chi connectivity index (χ0v) is 13.2. The van der Waals surface area contributed by atoms with Gasteiger partial charge < -0.3 is 10.4 Å². The predicted octanol–water partition coefficient (Wildman–Crippen LogP) is 2.48. The minimum Gasteiger partial charge on any atom is -0.502 e. The molecule has 0 bridgehead atoms. The highest BCUT2D eigenvalue weighted by Crippen LogP contribution is 2.32. The normalized spacial score (nSPS) is 10.7. The monoisotopic (exact) mass is 384 g/mol. The maximum atomic E-state index is 13.2. The van der Waals surface area contributed by atoms with Crippen LogP contribution in [-0.2, 0) is 0 Å². The second-order valence-electron chi connectivity index (χ2n) is 4.13. The molecule has 9 nitrogen and oxygen atoms in total. The van der Waals surface area contributed by atoms with E-state index in [0.29, 0.717) is 4.47 Å². The van der Waals surface area contributed by atoms with Gasteiger partial charge >= 0.3 is 5.69 Å². The summed E-state index contributed by atoms with van der Waals surface area (Å²) >= 11 is 3.11. The average Bonchev–Trinajstić information content (AvgIpc) is 2.51. The zero-order valence-electron chi connectivity index (χ0n) is 11.6. The predicted molar refractivity (Wildman–Crippen MR) is 85.2 cm³/mol. The van der Waals surface area contributed by atoms with Crippen molar-refractivity contribution in [1.82, 2.24) is 9.97 Å². The average molecular weight is 385 g/mol. The minimum atomic E-state index is -0.715. The van der Waals surface area contributed by atoms with Gasteiger partial charge in [0.05, 0.1) is 17.3 Å². The quantitative estimate of drug-likeness (QED) is 0.410. The number of hydrogen-bond acceptors (Lipinski definition) is 8. The molecule has 1 aromatic heterocycles. The fraction of sp³-hybridized carbons (Fsp3) is 0.0833. The van der Waals surface area contributed by atoms with Crippen molar-refractivity contribution in [3.8, 4) is 5.75 Å². The van der Waals surface area contributed by atoms with Gasteiger partial charge in [-0.25, -0.2) is 14.8 Å². The smallest absolute Gasteiger partial charge is 0.312 e. The van der Waals surface area contributed by atoms with E-state index in [2.05, 4.69) is 41.7 Å². The van der Waals surface area contributed by atoms with Crippen molar-refractivity contribution >= 4 is 39.6 Å². The Morgan fingerprint density at radius 2 is 2.26 bits per heavy atom. The Labute approximate surface area is 137 Å². The number of hydrogen-bond donors (Lipinski definition) is 3. The summed E-state index contributed by atoms with van der Waals surface area (Å²) in [6.07, 6.45) is 2.11. The molecule has 0 amide bonds. The molecule has 0 aliphatic heterocycles. The number of halogens is 2. The lowest BCUT2D eigenvalue weighted by Crippen LogP contribution is -2.03. The number of phenols is 1. The standard InChI is InChI=1S/C12H10BrFN6O3/c1-15-11-8(14)5-16-12(18-11)19-17-4-6-2-7(13)3-9(10(6)21)20(22)23/h2-5,21H,1H3,(H2,15,16,18,19)/b17-4+. The number of nitro groups is 1. The Bertz CT molecular complexity index is 786. The lowest BCUT2D eigenvalue weighted by Gasteiger charge is -2.04. The van der Waals surface area contributed by atoms with Crippen molar-refractivity contribution < 1.29 is 14.4 Å². The number of nitrogens with one attached hydrogen (secondary N) is 2. The lowest BCUT2D eigenvalue weighted by molar-refractivity contribution is -0.385. The molecule has 0 spiro atoms. The van der Waals surface area contributed by atoms with Crippen LogP contribution < -0.4 is 10.7 Å². The number of aromatic hydroxyl groups is 1. The highest BCUT2D eigenvalue weighted by molar-refractivity contribution is 9.10. The summed E-state index contributed by atoms with van der Waals surface area (Å²) in [7, 11) is 1.50. The molecule has 3 N–H and O–H groups in total. The number of nitrogens with zero attached hydrogens (tertiary/aromatic N) is 4. The summed E-state index contributed by atoms with van der Waals surface area (Å²) in [5, 5.41) is 27.0. The first-order valence-corrected chi connectivity index (χ1v) is 6.88. The molecule has 0 aliphatic rings. The summed E-state index contributed by atoms with van der Waals surface area (Å²) in [5.41, 5.74) is 2.08. The Kier molecular flexibility index (Phi) is 5.01. The van der Waals surface area contributed by atoms with Crippen molar-refractivity contribution in [2.45, 2.75) is 0 Å². The molecule has 120 valence electrons. The SMILES string of the molecule is CNc1nc(N/N=C/c2cc(Br)cc([N+](=O)[O-])c2O)ncc1F. The maximum Gasteiger partial charge on any atom is 0.312 e. The van der Waals surface area contributed by atoms with Gasteiger partial charge in [0.1, 0.15) is 0 Å². The first-order chi connectivity index (χ1) is 10.9. The van der Waals surface area contributed by atoms with Crippen LogP contribution in [0.2, 0.25) is 0 Å². The second-order valence-corrected chi connectivity index (χ2v) is 5.05. The highest BCUT2D eigenvalue weighted by Gasteiger charge is 2.17. The number of anilines is 2. The van der Waals surface area contributed by atoms with Crippen LogP contribution in [0.5, 0.6) is 5.75 Å². The van der Waals surface area contributed by atoms with Gasteiger partial charge in [-0.15, -0.1) is 0 Å². The van der Waals surface area contributed by atoms with Crippen LogP contribution in [0.3, 0.4) is 0 Å². The van der Waals surface area contributed by atoms with Crippen LogP contribution in [0.25, 0.3) is 0 Å². The van der Waals surface area contributed by atoms with Gasteiger partial charge in [0.15, 0.2) is 11.6 Å². The fourth-order valence-electron chi connectivity index (χ4n) is 1.60. The fourth-order valence-corrected chi connectivity index (χ4v) is 2.06. The van der Waals surface area contributed by atoms with Crippen LogP contribution in [0, 0.1) is 15.9 Å².